The van der Waals surface area contributed by atoms with E-state index in [1.807, 2.05) is 18.2 Å². The van der Waals surface area contributed by atoms with E-state index in [1.54, 1.807) is 6.20 Å². The van der Waals surface area contributed by atoms with E-state index in [-0.39, 0.29) is 17.5 Å². The van der Waals surface area contributed by atoms with Crippen molar-refractivity contribution in [2.24, 2.45) is 5.41 Å². The highest BCUT2D eigenvalue weighted by Gasteiger charge is 2.57. The van der Waals surface area contributed by atoms with Gasteiger partial charge in [0.25, 0.3) is 0 Å². The van der Waals surface area contributed by atoms with Gasteiger partial charge in [-0.25, -0.2) is 0 Å². The molecule has 1 saturated carbocycles. The summed E-state index contributed by atoms with van der Waals surface area (Å²) in [6.07, 6.45) is 4.49. The highest BCUT2D eigenvalue weighted by atomic mass is 32.2. The van der Waals surface area contributed by atoms with Gasteiger partial charge in [0.05, 0.1) is 6.42 Å². The number of hydrogen-bond acceptors (Lipinski definition) is 6. The molecule has 1 spiro atoms. The van der Waals surface area contributed by atoms with E-state index in [2.05, 4.69) is 20.2 Å². The fraction of sp³-hybridized carbons (Fsp3) is 0.429. The molecule has 0 aromatic carbocycles. The van der Waals surface area contributed by atoms with Crippen molar-refractivity contribution in [3.05, 3.63) is 24.4 Å². The van der Waals surface area contributed by atoms with Crippen LogP contribution in [0.5, 0.6) is 0 Å². The van der Waals surface area contributed by atoms with Crippen molar-refractivity contribution < 1.29 is 9.53 Å². The Morgan fingerprint density at radius 3 is 3.10 bits per heavy atom. The molecule has 2 aromatic heterocycles. The number of aromatic amines is 1. The van der Waals surface area contributed by atoms with Crippen LogP contribution in [0.1, 0.15) is 19.3 Å². The van der Waals surface area contributed by atoms with E-state index in [0.717, 1.165) is 18.5 Å². The molecule has 108 valence electrons. The summed E-state index contributed by atoms with van der Waals surface area (Å²) in [5.74, 6) is 1.30. The lowest BCUT2D eigenvalue weighted by molar-refractivity contribution is -0.140. The minimum absolute atomic E-state index is 0.00630. The van der Waals surface area contributed by atoms with Crippen LogP contribution < -0.4 is 0 Å². The van der Waals surface area contributed by atoms with E-state index >= 15 is 0 Å². The van der Waals surface area contributed by atoms with Crippen LogP contribution in [0.2, 0.25) is 0 Å². The lowest BCUT2D eigenvalue weighted by Crippen LogP contribution is -2.20. The number of carbonyl (C=O) groups is 1. The maximum atomic E-state index is 11.4. The summed E-state index contributed by atoms with van der Waals surface area (Å²) in [4.78, 5) is 20.1. The van der Waals surface area contributed by atoms with Crippen molar-refractivity contribution in [2.75, 3.05) is 5.75 Å². The number of aromatic nitrogens is 4. The Labute approximate surface area is 125 Å². The second kappa shape index (κ2) is 4.84. The van der Waals surface area contributed by atoms with Crippen LogP contribution in [0, 0.1) is 5.41 Å². The average molecular weight is 302 g/mol. The van der Waals surface area contributed by atoms with Gasteiger partial charge in [0.15, 0.2) is 5.82 Å². The lowest BCUT2D eigenvalue weighted by Gasteiger charge is -2.14. The first-order valence-corrected chi connectivity index (χ1v) is 7.90. The maximum absolute atomic E-state index is 11.4. The summed E-state index contributed by atoms with van der Waals surface area (Å²) in [5, 5.41) is 7.74. The monoisotopic (exact) mass is 302 g/mol. The number of pyridine rings is 1. The van der Waals surface area contributed by atoms with E-state index in [0.29, 0.717) is 23.2 Å². The van der Waals surface area contributed by atoms with Crippen LogP contribution in [0.25, 0.3) is 11.5 Å². The average Bonchev–Trinajstić information content (AvgIpc) is 2.99. The Morgan fingerprint density at radius 2 is 2.33 bits per heavy atom. The van der Waals surface area contributed by atoms with Gasteiger partial charge in [0.2, 0.25) is 5.16 Å². The van der Waals surface area contributed by atoms with Crippen molar-refractivity contribution >= 4 is 17.7 Å². The molecule has 6 nitrogen and oxygen atoms in total. The summed E-state index contributed by atoms with van der Waals surface area (Å²) in [7, 11) is 0. The van der Waals surface area contributed by atoms with Crippen molar-refractivity contribution in [1.82, 2.24) is 20.2 Å². The van der Waals surface area contributed by atoms with E-state index in [4.69, 9.17) is 4.74 Å². The Kier molecular flexibility index (Phi) is 2.95. The molecule has 3 heterocycles. The molecule has 1 unspecified atom stereocenters. The number of nitrogens with zero attached hydrogens (tertiary/aromatic N) is 3. The van der Waals surface area contributed by atoms with E-state index < -0.39 is 0 Å². The summed E-state index contributed by atoms with van der Waals surface area (Å²) in [5.41, 5.74) is 0.882. The zero-order valence-corrected chi connectivity index (χ0v) is 12.1. The van der Waals surface area contributed by atoms with Crippen LogP contribution >= 0.6 is 11.8 Å². The quantitative estimate of drug-likeness (QED) is 0.687. The first-order valence-electron chi connectivity index (χ1n) is 6.91. The molecule has 1 aliphatic carbocycles. The molecule has 7 heteroatoms. The van der Waals surface area contributed by atoms with Gasteiger partial charge in [0, 0.05) is 17.4 Å². The van der Waals surface area contributed by atoms with Crippen LogP contribution in [-0.4, -0.2) is 38.0 Å². The number of ether oxygens (including phenoxy) is 1. The Morgan fingerprint density at radius 1 is 1.43 bits per heavy atom. The molecule has 2 aromatic rings. The predicted molar refractivity (Wildman–Crippen MR) is 76.5 cm³/mol. The Hall–Kier alpha value is -1.89. The molecule has 0 radical (unpaired) electrons. The normalized spacial score (nSPS) is 22.5. The van der Waals surface area contributed by atoms with E-state index in [1.165, 1.54) is 11.8 Å². The molecular formula is C14H14N4O2S. The predicted octanol–water partition coefficient (Wildman–Crippen LogP) is 2.05. The number of carbonyl (C=O) groups excluding carboxylic acids is 1. The van der Waals surface area contributed by atoms with Crippen LogP contribution in [0.3, 0.4) is 0 Å². The molecule has 0 bridgehead atoms. The summed E-state index contributed by atoms with van der Waals surface area (Å²) in [6.45, 7) is 0. The number of thioether (sulfide) groups is 1. The Bertz CT molecular complexity index is 669. The second-order valence-electron chi connectivity index (χ2n) is 5.51. The fourth-order valence-electron chi connectivity index (χ4n) is 2.68. The third-order valence-corrected chi connectivity index (χ3v) is 4.99. The SMILES string of the molecule is O=C1CC2(CC2)C(CSc2n[nH]c(-c3ccccn3)n2)O1. The van der Waals surface area contributed by atoms with Crippen molar-refractivity contribution in [2.45, 2.75) is 30.5 Å². The largest absolute Gasteiger partial charge is 0.461 e. The summed E-state index contributed by atoms with van der Waals surface area (Å²) in [6, 6.07) is 5.65. The maximum Gasteiger partial charge on any atom is 0.306 e. The third kappa shape index (κ3) is 2.42. The minimum Gasteiger partial charge on any atom is -0.461 e. The molecule has 1 saturated heterocycles. The molecule has 2 aliphatic rings. The number of hydrogen-bond donors (Lipinski definition) is 1. The number of nitrogens with one attached hydrogen (secondary N) is 1. The van der Waals surface area contributed by atoms with Crippen molar-refractivity contribution in [3.8, 4) is 11.5 Å². The van der Waals surface area contributed by atoms with Crippen LogP contribution in [-0.2, 0) is 9.53 Å². The molecule has 1 atom stereocenters. The smallest absolute Gasteiger partial charge is 0.306 e. The zero-order valence-electron chi connectivity index (χ0n) is 11.3. The first-order chi connectivity index (χ1) is 10.3. The van der Waals surface area contributed by atoms with Gasteiger partial charge in [-0.05, 0) is 25.0 Å². The number of cyclic esters (lactones) is 1. The molecule has 4 rings (SSSR count). The number of rotatable bonds is 4. The fourth-order valence-corrected chi connectivity index (χ4v) is 3.66. The summed E-state index contributed by atoms with van der Waals surface area (Å²) < 4.78 is 5.41. The van der Waals surface area contributed by atoms with Crippen LogP contribution in [0.4, 0.5) is 0 Å². The van der Waals surface area contributed by atoms with Gasteiger partial charge in [-0.15, -0.1) is 5.10 Å². The van der Waals surface area contributed by atoms with Crippen molar-refractivity contribution in [3.63, 3.8) is 0 Å². The molecule has 2 fully saturated rings. The molecular weight excluding hydrogens is 288 g/mol. The highest BCUT2D eigenvalue weighted by molar-refractivity contribution is 7.99. The molecule has 1 N–H and O–H groups in total. The van der Waals surface area contributed by atoms with Gasteiger partial charge in [-0.1, -0.05) is 17.8 Å². The highest BCUT2D eigenvalue weighted by Crippen LogP contribution is 2.57. The van der Waals surface area contributed by atoms with Crippen molar-refractivity contribution in [1.29, 1.82) is 0 Å². The number of H-pyrrole nitrogens is 1. The summed E-state index contributed by atoms with van der Waals surface area (Å²) >= 11 is 1.52. The van der Waals surface area contributed by atoms with Gasteiger partial charge in [0.1, 0.15) is 11.8 Å². The number of esters is 1. The zero-order chi connectivity index (χ0) is 14.3. The van der Waals surface area contributed by atoms with Gasteiger partial charge < -0.3 is 4.74 Å². The topological polar surface area (TPSA) is 80.8 Å². The van der Waals surface area contributed by atoms with Gasteiger partial charge in [-0.3, -0.25) is 14.9 Å². The lowest BCUT2D eigenvalue weighted by atomic mass is 10.00. The van der Waals surface area contributed by atoms with Gasteiger partial charge >= 0.3 is 5.97 Å². The molecule has 21 heavy (non-hydrogen) atoms. The standard InChI is InChI=1S/C14H14N4O2S/c19-11-7-14(4-5-14)10(20-11)8-21-13-16-12(17-18-13)9-3-1-2-6-15-9/h1-3,6,10H,4-5,7-8H2,(H,16,17,18). The van der Waals surface area contributed by atoms with Gasteiger partial charge in [-0.2, -0.15) is 4.98 Å². The first kappa shape index (κ1) is 12.8. The Balaban J connectivity index is 1.42. The molecule has 0 amide bonds. The van der Waals surface area contributed by atoms with E-state index in [9.17, 15) is 4.79 Å². The molecule has 1 aliphatic heterocycles. The van der Waals surface area contributed by atoms with Crippen LogP contribution in [0.15, 0.2) is 29.6 Å². The second-order valence-corrected chi connectivity index (χ2v) is 6.50. The third-order valence-electron chi connectivity index (χ3n) is 4.08. The minimum atomic E-state index is -0.0674.